The summed E-state index contributed by atoms with van der Waals surface area (Å²) in [6.07, 6.45) is 0. The molecular weight excluding hydrogens is 374 g/mol. The van der Waals surface area contributed by atoms with E-state index in [1.807, 2.05) is 79.7 Å². The molecular formula is C26H19NO3. The van der Waals surface area contributed by atoms with E-state index < -0.39 is 5.97 Å². The number of esters is 1. The van der Waals surface area contributed by atoms with Crippen molar-refractivity contribution in [1.82, 2.24) is 4.98 Å². The zero-order chi connectivity index (χ0) is 20.5. The number of fused-ring (bicyclic) bond motifs is 3. The Morgan fingerprint density at radius 2 is 1.47 bits per heavy atom. The van der Waals surface area contributed by atoms with Crippen molar-refractivity contribution in [2.24, 2.45) is 0 Å². The molecule has 0 unspecified atom stereocenters. The van der Waals surface area contributed by atoms with Crippen molar-refractivity contribution in [3.8, 4) is 11.5 Å². The lowest BCUT2D eigenvalue weighted by Crippen LogP contribution is -2.10. The quantitative estimate of drug-likeness (QED) is 0.208. The average molecular weight is 393 g/mol. The van der Waals surface area contributed by atoms with Crippen LogP contribution in [0.5, 0.6) is 11.5 Å². The van der Waals surface area contributed by atoms with Crippen molar-refractivity contribution in [3.63, 3.8) is 0 Å². The van der Waals surface area contributed by atoms with Gasteiger partial charge in [0.25, 0.3) is 0 Å². The minimum Gasteiger partial charge on any atom is -0.494 e. The summed E-state index contributed by atoms with van der Waals surface area (Å²) in [5.74, 6) is 0.824. The number of rotatable bonds is 4. The molecule has 4 nitrogen and oxygen atoms in total. The van der Waals surface area contributed by atoms with Crippen LogP contribution in [-0.2, 0) is 0 Å². The number of para-hydroxylation sites is 1. The topological polar surface area (TPSA) is 48.4 Å². The van der Waals surface area contributed by atoms with E-state index in [4.69, 9.17) is 14.5 Å². The van der Waals surface area contributed by atoms with E-state index in [1.54, 1.807) is 12.1 Å². The van der Waals surface area contributed by atoms with Crippen molar-refractivity contribution < 1.29 is 14.3 Å². The van der Waals surface area contributed by atoms with Gasteiger partial charge in [-0.25, -0.2) is 9.78 Å². The Hall–Kier alpha value is -3.92. The molecule has 0 saturated heterocycles. The van der Waals surface area contributed by atoms with Crippen LogP contribution in [0.15, 0.2) is 84.9 Å². The summed E-state index contributed by atoms with van der Waals surface area (Å²) in [5, 5.41) is 3.62. The minimum atomic E-state index is -0.405. The number of benzene rings is 4. The molecule has 0 bridgehead atoms. The van der Waals surface area contributed by atoms with Crippen molar-refractivity contribution in [3.05, 3.63) is 90.5 Å². The molecule has 0 N–H and O–H groups in total. The Bertz CT molecular complexity index is 1390. The van der Waals surface area contributed by atoms with Gasteiger partial charge in [-0.05, 0) is 54.1 Å². The fraction of sp³-hybridized carbons (Fsp3) is 0.0769. The van der Waals surface area contributed by atoms with E-state index in [2.05, 4.69) is 0 Å². The first kappa shape index (κ1) is 18.1. The molecule has 0 aliphatic heterocycles. The zero-order valence-corrected chi connectivity index (χ0v) is 16.5. The maximum atomic E-state index is 13.3. The van der Waals surface area contributed by atoms with Crippen LogP contribution in [0, 0.1) is 0 Å². The monoisotopic (exact) mass is 393 g/mol. The van der Waals surface area contributed by atoms with Gasteiger partial charge in [-0.1, -0.05) is 42.5 Å². The number of hydrogen-bond donors (Lipinski definition) is 0. The summed E-state index contributed by atoms with van der Waals surface area (Å²) in [5.41, 5.74) is 1.95. The predicted molar refractivity (Wildman–Crippen MR) is 119 cm³/mol. The Morgan fingerprint density at radius 1 is 0.767 bits per heavy atom. The molecule has 1 heterocycles. The second kappa shape index (κ2) is 7.48. The van der Waals surface area contributed by atoms with E-state index in [-0.39, 0.29) is 0 Å². The molecule has 1 aromatic heterocycles. The molecule has 0 spiro atoms. The smallest absolute Gasteiger partial charge is 0.344 e. The molecule has 0 aliphatic carbocycles. The molecule has 0 radical (unpaired) electrons. The average Bonchev–Trinajstić information content (AvgIpc) is 2.77. The van der Waals surface area contributed by atoms with Crippen molar-refractivity contribution in [1.29, 1.82) is 0 Å². The normalized spacial score (nSPS) is 11.1. The zero-order valence-electron chi connectivity index (χ0n) is 16.5. The number of carbonyl (C=O) groups excluding carboxylic acids is 1. The van der Waals surface area contributed by atoms with Crippen LogP contribution in [0.4, 0.5) is 0 Å². The third-order valence-corrected chi connectivity index (χ3v) is 5.08. The van der Waals surface area contributed by atoms with Gasteiger partial charge < -0.3 is 9.47 Å². The summed E-state index contributed by atoms with van der Waals surface area (Å²) in [6.45, 7) is 2.50. The van der Waals surface area contributed by atoms with Gasteiger partial charge in [0, 0.05) is 16.8 Å². The first-order valence-corrected chi connectivity index (χ1v) is 9.89. The van der Waals surface area contributed by atoms with Gasteiger partial charge in [0.05, 0.1) is 23.2 Å². The van der Waals surface area contributed by atoms with Crippen LogP contribution < -0.4 is 9.47 Å². The Kier molecular flexibility index (Phi) is 4.52. The molecule has 5 aromatic rings. The fourth-order valence-electron chi connectivity index (χ4n) is 3.73. The SMILES string of the molecule is CCOc1ccc2c(C(=O)Oc3ccccc3)c3cc4ccccc4cc3nc2c1. The molecule has 0 aliphatic rings. The highest BCUT2D eigenvalue weighted by molar-refractivity contribution is 6.17. The molecule has 0 amide bonds. The highest BCUT2D eigenvalue weighted by Gasteiger charge is 2.19. The Balaban J connectivity index is 1.78. The van der Waals surface area contributed by atoms with Crippen LogP contribution in [0.25, 0.3) is 32.6 Å². The number of nitrogens with zero attached hydrogens (tertiary/aromatic N) is 1. The van der Waals surface area contributed by atoms with Gasteiger partial charge in [0.2, 0.25) is 0 Å². The summed E-state index contributed by atoms with van der Waals surface area (Å²) < 4.78 is 11.3. The van der Waals surface area contributed by atoms with Gasteiger partial charge in [0.15, 0.2) is 0 Å². The second-order valence-corrected chi connectivity index (χ2v) is 7.02. The lowest BCUT2D eigenvalue weighted by Gasteiger charge is -2.13. The predicted octanol–water partition coefficient (Wildman–Crippen LogP) is 6.16. The number of ether oxygens (including phenoxy) is 2. The second-order valence-electron chi connectivity index (χ2n) is 7.02. The highest BCUT2D eigenvalue weighted by atomic mass is 16.5. The summed E-state index contributed by atoms with van der Waals surface area (Å²) in [4.78, 5) is 18.1. The van der Waals surface area contributed by atoms with Crippen molar-refractivity contribution in [2.75, 3.05) is 6.61 Å². The number of hydrogen-bond acceptors (Lipinski definition) is 4. The van der Waals surface area contributed by atoms with Gasteiger partial charge in [-0.15, -0.1) is 0 Å². The first-order valence-electron chi connectivity index (χ1n) is 9.89. The fourth-order valence-corrected chi connectivity index (χ4v) is 3.73. The van der Waals surface area contributed by atoms with Crippen LogP contribution in [0.3, 0.4) is 0 Å². The maximum absolute atomic E-state index is 13.3. The molecule has 0 fully saturated rings. The number of carbonyl (C=O) groups is 1. The van der Waals surface area contributed by atoms with E-state index >= 15 is 0 Å². The summed E-state index contributed by atoms with van der Waals surface area (Å²) in [6, 6.07) is 26.8. The van der Waals surface area contributed by atoms with E-state index in [1.165, 1.54) is 0 Å². The Morgan fingerprint density at radius 3 is 2.23 bits per heavy atom. The van der Waals surface area contributed by atoms with Gasteiger partial charge in [0.1, 0.15) is 11.5 Å². The third kappa shape index (κ3) is 3.22. The van der Waals surface area contributed by atoms with Gasteiger partial charge in [-0.3, -0.25) is 0 Å². The van der Waals surface area contributed by atoms with Crippen LogP contribution in [-0.4, -0.2) is 17.6 Å². The lowest BCUT2D eigenvalue weighted by atomic mass is 9.99. The van der Waals surface area contributed by atoms with Gasteiger partial charge >= 0.3 is 5.97 Å². The van der Waals surface area contributed by atoms with E-state index in [0.29, 0.717) is 23.4 Å². The van der Waals surface area contributed by atoms with Crippen LogP contribution in [0.1, 0.15) is 17.3 Å². The highest BCUT2D eigenvalue weighted by Crippen LogP contribution is 2.32. The molecule has 5 rings (SSSR count). The van der Waals surface area contributed by atoms with Crippen LogP contribution >= 0.6 is 0 Å². The molecule has 30 heavy (non-hydrogen) atoms. The largest absolute Gasteiger partial charge is 0.494 e. The first-order chi connectivity index (χ1) is 14.7. The molecule has 146 valence electrons. The van der Waals surface area contributed by atoms with E-state index in [0.717, 1.165) is 32.8 Å². The molecule has 0 saturated carbocycles. The summed E-state index contributed by atoms with van der Waals surface area (Å²) >= 11 is 0. The Labute approximate surface area is 173 Å². The van der Waals surface area contributed by atoms with Crippen molar-refractivity contribution in [2.45, 2.75) is 6.92 Å². The van der Waals surface area contributed by atoms with Crippen molar-refractivity contribution >= 4 is 38.5 Å². The van der Waals surface area contributed by atoms with Gasteiger partial charge in [-0.2, -0.15) is 0 Å². The summed E-state index contributed by atoms with van der Waals surface area (Å²) in [7, 11) is 0. The molecule has 0 atom stereocenters. The molecule has 4 aromatic carbocycles. The minimum absolute atomic E-state index is 0.405. The molecule has 4 heteroatoms. The lowest BCUT2D eigenvalue weighted by molar-refractivity contribution is 0.0739. The van der Waals surface area contributed by atoms with Crippen LogP contribution in [0.2, 0.25) is 0 Å². The maximum Gasteiger partial charge on any atom is 0.344 e. The third-order valence-electron chi connectivity index (χ3n) is 5.08. The number of aromatic nitrogens is 1. The van der Waals surface area contributed by atoms with E-state index in [9.17, 15) is 4.79 Å². The number of pyridine rings is 1. The standard InChI is InChI=1S/C26H19NO3/c1-2-29-20-12-13-21-24(16-20)27-23-15-18-9-7-6-8-17(18)14-22(23)25(21)26(28)30-19-10-4-3-5-11-19/h3-16H,2H2,1H3.